The normalized spacial score (nSPS) is 24.8. The van der Waals surface area contributed by atoms with Crippen LogP contribution in [0.1, 0.15) is 87.1 Å². The standard InChI is InChI=1S/C28H38BrN/c1-6-9-22(26-16-17-30-21(26)4)10-8-11-25-14-12-24(19-28(25,5)7-2)23-13-15-27(29)20(3)18-23/h6,9,13,15-18,24-25,30H,1,7-8,10-12,14,19H2,2-5H3/b22-9-/t24?,25-,28+/m1/s1. The smallest absolute Gasteiger partial charge is 0.0204 e. The van der Waals surface area contributed by atoms with Gasteiger partial charge in [-0.1, -0.05) is 67.1 Å². The Labute approximate surface area is 192 Å². The van der Waals surface area contributed by atoms with Crippen molar-refractivity contribution in [2.24, 2.45) is 11.3 Å². The number of hydrogen-bond acceptors (Lipinski definition) is 0. The number of aromatic amines is 1. The Morgan fingerprint density at radius 3 is 2.70 bits per heavy atom. The molecular weight excluding hydrogens is 430 g/mol. The number of nitrogens with one attached hydrogen (secondary N) is 1. The van der Waals surface area contributed by atoms with Crippen LogP contribution in [0.3, 0.4) is 0 Å². The number of halogens is 1. The highest BCUT2D eigenvalue weighted by atomic mass is 79.9. The number of aryl methyl sites for hydroxylation is 2. The largest absolute Gasteiger partial charge is 0.365 e. The fourth-order valence-electron chi connectivity index (χ4n) is 5.50. The lowest BCUT2D eigenvalue weighted by Crippen LogP contribution is -2.33. The summed E-state index contributed by atoms with van der Waals surface area (Å²) >= 11 is 3.66. The van der Waals surface area contributed by atoms with Crippen molar-refractivity contribution in [1.82, 2.24) is 4.98 Å². The van der Waals surface area contributed by atoms with E-state index in [0.29, 0.717) is 11.3 Å². The zero-order chi connectivity index (χ0) is 21.7. The SMILES string of the molecule is C=C/C=C(/CCC[C@@H]1CCC(c2ccc(Br)c(C)c2)C[C@]1(C)CC)c1cc[nH]c1C. The van der Waals surface area contributed by atoms with Crippen LogP contribution >= 0.6 is 15.9 Å². The molecule has 1 saturated carbocycles. The zero-order valence-corrected chi connectivity index (χ0v) is 20.8. The average molecular weight is 469 g/mol. The van der Waals surface area contributed by atoms with E-state index in [9.17, 15) is 0 Å². The summed E-state index contributed by atoms with van der Waals surface area (Å²) in [5.74, 6) is 1.53. The van der Waals surface area contributed by atoms with E-state index in [2.05, 4.69) is 85.5 Å². The fraction of sp³-hybridized carbons (Fsp3) is 0.500. The van der Waals surface area contributed by atoms with Gasteiger partial charge in [-0.25, -0.2) is 0 Å². The van der Waals surface area contributed by atoms with Gasteiger partial charge in [-0.05, 0) is 104 Å². The summed E-state index contributed by atoms with van der Waals surface area (Å²) in [6, 6.07) is 9.17. The molecular formula is C28H38BrN. The third-order valence-electron chi connectivity index (χ3n) is 7.64. The molecule has 0 amide bonds. The number of allylic oxidation sites excluding steroid dienone is 3. The Morgan fingerprint density at radius 1 is 1.27 bits per heavy atom. The number of rotatable bonds is 8. The van der Waals surface area contributed by atoms with Crippen LogP contribution in [0, 0.1) is 25.2 Å². The highest BCUT2D eigenvalue weighted by Crippen LogP contribution is 2.51. The van der Waals surface area contributed by atoms with Crippen LogP contribution < -0.4 is 0 Å². The summed E-state index contributed by atoms with van der Waals surface area (Å²) in [6.07, 6.45) is 15.2. The Kier molecular flexibility index (Phi) is 7.85. The topological polar surface area (TPSA) is 15.8 Å². The zero-order valence-electron chi connectivity index (χ0n) is 19.2. The van der Waals surface area contributed by atoms with Crippen molar-refractivity contribution >= 4 is 21.5 Å². The van der Waals surface area contributed by atoms with Gasteiger partial charge in [0.15, 0.2) is 0 Å². The van der Waals surface area contributed by atoms with Gasteiger partial charge in [0.05, 0.1) is 0 Å². The van der Waals surface area contributed by atoms with Gasteiger partial charge < -0.3 is 4.98 Å². The second kappa shape index (κ2) is 10.2. The first kappa shape index (κ1) is 23.1. The molecule has 1 nitrogen and oxygen atoms in total. The summed E-state index contributed by atoms with van der Waals surface area (Å²) in [4.78, 5) is 3.32. The molecule has 1 aliphatic rings. The molecule has 1 heterocycles. The Bertz CT molecular complexity index is 890. The van der Waals surface area contributed by atoms with Crippen molar-refractivity contribution < 1.29 is 0 Å². The van der Waals surface area contributed by atoms with Crippen molar-refractivity contribution in [2.75, 3.05) is 0 Å². The molecule has 0 aliphatic heterocycles. The van der Waals surface area contributed by atoms with Gasteiger partial charge in [-0.2, -0.15) is 0 Å². The van der Waals surface area contributed by atoms with Gasteiger partial charge in [0.2, 0.25) is 0 Å². The highest BCUT2D eigenvalue weighted by Gasteiger charge is 2.39. The molecule has 3 atom stereocenters. The number of hydrogen-bond donors (Lipinski definition) is 1. The minimum Gasteiger partial charge on any atom is -0.365 e. The van der Waals surface area contributed by atoms with Crippen molar-refractivity contribution in [3.63, 3.8) is 0 Å². The van der Waals surface area contributed by atoms with Gasteiger partial charge in [-0.3, -0.25) is 0 Å². The summed E-state index contributed by atoms with van der Waals surface area (Å²) in [5.41, 5.74) is 7.36. The third kappa shape index (κ3) is 5.19. The molecule has 2 heteroatoms. The van der Waals surface area contributed by atoms with E-state index in [1.165, 1.54) is 71.0 Å². The Balaban J connectivity index is 1.64. The first-order valence-corrected chi connectivity index (χ1v) is 12.4. The van der Waals surface area contributed by atoms with Crippen molar-refractivity contribution in [1.29, 1.82) is 0 Å². The Morgan fingerprint density at radius 2 is 2.07 bits per heavy atom. The van der Waals surface area contributed by atoms with Crippen LogP contribution in [0.5, 0.6) is 0 Å². The molecule has 0 bridgehead atoms. The summed E-state index contributed by atoms with van der Waals surface area (Å²) in [6.45, 7) is 13.2. The van der Waals surface area contributed by atoms with E-state index < -0.39 is 0 Å². The quantitative estimate of drug-likeness (QED) is 0.372. The van der Waals surface area contributed by atoms with E-state index in [-0.39, 0.29) is 0 Å². The van der Waals surface area contributed by atoms with E-state index in [1.54, 1.807) is 0 Å². The molecule has 1 fully saturated rings. The molecule has 2 aromatic rings. The van der Waals surface area contributed by atoms with E-state index >= 15 is 0 Å². The summed E-state index contributed by atoms with van der Waals surface area (Å²) in [7, 11) is 0. The van der Waals surface area contributed by atoms with Crippen molar-refractivity contribution in [2.45, 2.75) is 78.6 Å². The van der Waals surface area contributed by atoms with E-state index in [0.717, 1.165) is 12.3 Å². The third-order valence-corrected chi connectivity index (χ3v) is 8.53. The minimum absolute atomic E-state index is 0.441. The van der Waals surface area contributed by atoms with Crippen molar-refractivity contribution in [3.8, 4) is 0 Å². The fourth-order valence-corrected chi connectivity index (χ4v) is 5.75. The van der Waals surface area contributed by atoms with E-state index in [1.807, 2.05) is 12.3 Å². The Hall–Kier alpha value is -1.54. The molecule has 1 unspecified atom stereocenters. The molecule has 1 aromatic carbocycles. The second-order valence-corrected chi connectivity index (χ2v) is 10.4. The lowest BCUT2D eigenvalue weighted by atomic mass is 9.60. The van der Waals surface area contributed by atoms with E-state index in [4.69, 9.17) is 0 Å². The molecule has 0 spiro atoms. The maximum Gasteiger partial charge on any atom is 0.0204 e. The molecule has 3 rings (SSSR count). The molecule has 30 heavy (non-hydrogen) atoms. The van der Waals surface area contributed by atoms with Gasteiger partial charge in [0.1, 0.15) is 0 Å². The molecule has 162 valence electrons. The summed E-state index contributed by atoms with van der Waals surface area (Å²) < 4.78 is 1.22. The molecule has 1 N–H and O–H groups in total. The minimum atomic E-state index is 0.441. The van der Waals surface area contributed by atoms with Crippen LogP contribution in [0.4, 0.5) is 0 Å². The molecule has 0 radical (unpaired) electrons. The van der Waals surface area contributed by atoms with Gasteiger partial charge in [-0.15, -0.1) is 0 Å². The van der Waals surface area contributed by atoms with Crippen molar-refractivity contribution in [3.05, 3.63) is 76.1 Å². The lowest BCUT2D eigenvalue weighted by Gasteiger charge is -2.45. The first-order chi connectivity index (χ1) is 14.4. The van der Waals surface area contributed by atoms with Crippen LogP contribution in [0.15, 0.2) is 53.7 Å². The molecule has 1 aromatic heterocycles. The van der Waals surface area contributed by atoms with Gasteiger partial charge in [0.25, 0.3) is 0 Å². The molecule has 0 saturated heterocycles. The average Bonchev–Trinajstić information content (AvgIpc) is 3.16. The van der Waals surface area contributed by atoms with Crippen LogP contribution in [0.25, 0.3) is 5.57 Å². The van der Waals surface area contributed by atoms with Gasteiger partial charge in [0, 0.05) is 16.4 Å². The monoisotopic (exact) mass is 467 g/mol. The lowest BCUT2D eigenvalue weighted by molar-refractivity contribution is 0.0866. The maximum atomic E-state index is 3.93. The molecule has 1 aliphatic carbocycles. The summed E-state index contributed by atoms with van der Waals surface area (Å²) in [5, 5.41) is 0. The highest BCUT2D eigenvalue weighted by molar-refractivity contribution is 9.10. The first-order valence-electron chi connectivity index (χ1n) is 11.6. The number of aromatic nitrogens is 1. The maximum absolute atomic E-state index is 3.93. The van der Waals surface area contributed by atoms with Gasteiger partial charge >= 0.3 is 0 Å². The van der Waals surface area contributed by atoms with Crippen LogP contribution in [0.2, 0.25) is 0 Å². The number of H-pyrrole nitrogens is 1. The van der Waals surface area contributed by atoms with Crippen LogP contribution in [-0.2, 0) is 0 Å². The number of benzene rings is 1. The predicted octanol–water partition coefficient (Wildman–Crippen LogP) is 9.13. The van der Waals surface area contributed by atoms with Crippen LogP contribution in [-0.4, -0.2) is 4.98 Å². The predicted molar refractivity (Wildman–Crippen MR) is 135 cm³/mol. The second-order valence-electron chi connectivity index (χ2n) is 9.53.